The second kappa shape index (κ2) is 11.5. The summed E-state index contributed by atoms with van der Waals surface area (Å²) >= 11 is 7.30. The molecule has 2 aromatic carbocycles. The zero-order chi connectivity index (χ0) is 22.1. The van der Waals surface area contributed by atoms with Gasteiger partial charge in [-0.25, -0.2) is 4.98 Å². The Labute approximate surface area is 191 Å². The molecular weight excluding hydrogens is 432 g/mol. The first kappa shape index (κ1) is 22.8. The molecule has 0 saturated carbocycles. The quantitative estimate of drug-likeness (QED) is 0.272. The van der Waals surface area contributed by atoms with Crippen LogP contribution in [-0.2, 0) is 4.79 Å². The smallest absolute Gasteiger partial charge is 0.250 e. The summed E-state index contributed by atoms with van der Waals surface area (Å²) in [5, 5.41) is 5.90. The summed E-state index contributed by atoms with van der Waals surface area (Å²) in [7, 11) is 0. The van der Waals surface area contributed by atoms with Crippen molar-refractivity contribution in [3.63, 3.8) is 0 Å². The van der Waals surface area contributed by atoms with Crippen molar-refractivity contribution in [2.24, 2.45) is 0 Å². The molecule has 1 amide bonds. The number of benzene rings is 2. The third-order valence-electron chi connectivity index (χ3n) is 4.32. The third kappa shape index (κ3) is 6.84. The molecule has 0 atom stereocenters. The Morgan fingerprint density at radius 1 is 1.13 bits per heavy atom. The number of anilines is 1. The van der Waals surface area contributed by atoms with Crippen LogP contribution in [0.25, 0.3) is 17.3 Å². The monoisotopic (exact) mass is 456 g/mol. The number of rotatable bonds is 10. The molecule has 31 heavy (non-hydrogen) atoms. The van der Waals surface area contributed by atoms with Gasteiger partial charge >= 0.3 is 0 Å². The molecule has 5 nitrogen and oxygen atoms in total. The predicted molar refractivity (Wildman–Crippen MR) is 128 cm³/mol. The highest BCUT2D eigenvalue weighted by atomic mass is 35.5. The maximum atomic E-state index is 12.3. The number of hydrogen-bond donors (Lipinski definition) is 1. The normalized spacial score (nSPS) is 10.9. The third-order valence-corrected chi connectivity index (χ3v) is 5.33. The molecule has 0 bridgehead atoms. The highest BCUT2D eigenvalue weighted by Gasteiger charge is 2.08. The number of unbranched alkanes of at least 4 members (excludes halogenated alkanes) is 1. The lowest BCUT2D eigenvalue weighted by atomic mass is 10.2. The molecular formula is C24H25ClN2O3S. The Hall–Kier alpha value is -2.83. The summed E-state index contributed by atoms with van der Waals surface area (Å²) in [5.41, 5.74) is 2.59. The summed E-state index contributed by atoms with van der Waals surface area (Å²) in [6.07, 6.45) is 5.28. The number of thiazole rings is 1. The number of amides is 1. The van der Waals surface area contributed by atoms with Crippen LogP contribution >= 0.6 is 22.9 Å². The minimum Gasteiger partial charge on any atom is -0.490 e. The highest BCUT2D eigenvalue weighted by molar-refractivity contribution is 7.14. The van der Waals surface area contributed by atoms with Crippen molar-refractivity contribution >= 4 is 40.1 Å². The van der Waals surface area contributed by atoms with E-state index in [4.69, 9.17) is 21.1 Å². The van der Waals surface area contributed by atoms with Gasteiger partial charge < -0.3 is 9.47 Å². The maximum Gasteiger partial charge on any atom is 0.250 e. The lowest BCUT2D eigenvalue weighted by Gasteiger charge is -2.12. The van der Waals surface area contributed by atoms with E-state index in [0.717, 1.165) is 35.4 Å². The van der Waals surface area contributed by atoms with E-state index in [1.807, 2.05) is 54.8 Å². The molecule has 7 heteroatoms. The SMILES string of the molecule is CCCCOc1ccc(/C=C/C(=O)Nc2nc(-c3ccc(Cl)cc3)cs2)cc1OCC. The van der Waals surface area contributed by atoms with Crippen LogP contribution in [0.1, 0.15) is 32.3 Å². The van der Waals surface area contributed by atoms with Gasteiger partial charge in [0.2, 0.25) is 5.91 Å². The lowest BCUT2D eigenvalue weighted by Crippen LogP contribution is -2.07. The van der Waals surface area contributed by atoms with E-state index in [0.29, 0.717) is 29.1 Å². The van der Waals surface area contributed by atoms with Crippen molar-refractivity contribution in [2.45, 2.75) is 26.7 Å². The van der Waals surface area contributed by atoms with Crippen molar-refractivity contribution in [3.05, 3.63) is 64.5 Å². The molecule has 0 fully saturated rings. The van der Waals surface area contributed by atoms with Crippen LogP contribution < -0.4 is 14.8 Å². The molecule has 3 rings (SSSR count). The van der Waals surface area contributed by atoms with Gasteiger partial charge in [0.05, 0.1) is 18.9 Å². The fourth-order valence-corrected chi connectivity index (χ4v) is 3.59. The van der Waals surface area contributed by atoms with E-state index < -0.39 is 0 Å². The number of carbonyl (C=O) groups excluding carboxylic acids is 1. The Morgan fingerprint density at radius 2 is 1.94 bits per heavy atom. The first-order chi connectivity index (χ1) is 15.1. The minimum absolute atomic E-state index is 0.252. The van der Waals surface area contributed by atoms with Gasteiger partial charge in [0.1, 0.15) is 0 Å². The lowest BCUT2D eigenvalue weighted by molar-refractivity contribution is -0.111. The number of nitrogens with zero attached hydrogens (tertiary/aromatic N) is 1. The van der Waals surface area contributed by atoms with E-state index in [9.17, 15) is 4.79 Å². The van der Waals surface area contributed by atoms with Crippen molar-refractivity contribution in [2.75, 3.05) is 18.5 Å². The van der Waals surface area contributed by atoms with Gasteiger partial charge in [0.25, 0.3) is 0 Å². The number of carbonyl (C=O) groups is 1. The summed E-state index contributed by atoms with van der Waals surface area (Å²) < 4.78 is 11.5. The fraction of sp³-hybridized carbons (Fsp3) is 0.250. The van der Waals surface area contributed by atoms with Gasteiger partial charge in [-0.1, -0.05) is 43.1 Å². The number of halogens is 1. The maximum absolute atomic E-state index is 12.3. The largest absolute Gasteiger partial charge is 0.490 e. The van der Waals surface area contributed by atoms with Gasteiger partial charge in [0.15, 0.2) is 16.6 Å². The van der Waals surface area contributed by atoms with E-state index in [2.05, 4.69) is 17.2 Å². The second-order valence-electron chi connectivity index (χ2n) is 6.71. The van der Waals surface area contributed by atoms with Crippen LogP contribution in [0.5, 0.6) is 11.5 Å². The molecule has 0 radical (unpaired) electrons. The molecule has 0 unspecified atom stereocenters. The van der Waals surface area contributed by atoms with Crippen LogP contribution in [0, 0.1) is 0 Å². The van der Waals surface area contributed by atoms with E-state index in [1.165, 1.54) is 17.4 Å². The van der Waals surface area contributed by atoms with E-state index in [-0.39, 0.29) is 5.91 Å². The molecule has 1 heterocycles. The van der Waals surface area contributed by atoms with E-state index >= 15 is 0 Å². The Bertz CT molecular complexity index is 1030. The van der Waals surface area contributed by atoms with Gasteiger partial charge in [-0.2, -0.15) is 0 Å². The highest BCUT2D eigenvalue weighted by Crippen LogP contribution is 2.29. The molecule has 1 aromatic heterocycles. The van der Waals surface area contributed by atoms with Gasteiger partial charge in [0, 0.05) is 22.0 Å². The summed E-state index contributed by atoms with van der Waals surface area (Å²) in [6, 6.07) is 13.1. The molecule has 0 aliphatic carbocycles. The van der Waals surface area contributed by atoms with Crippen molar-refractivity contribution in [1.82, 2.24) is 4.98 Å². The van der Waals surface area contributed by atoms with Crippen LogP contribution in [0.3, 0.4) is 0 Å². The average Bonchev–Trinajstić information content (AvgIpc) is 3.23. The summed E-state index contributed by atoms with van der Waals surface area (Å²) in [6.45, 7) is 5.24. The zero-order valence-electron chi connectivity index (χ0n) is 17.6. The van der Waals surface area contributed by atoms with Crippen molar-refractivity contribution < 1.29 is 14.3 Å². The topological polar surface area (TPSA) is 60.5 Å². The summed E-state index contributed by atoms with van der Waals surface area (Å²) in [5.74, 6) is 1.14. The van der Waals surface area contributed by atoms with Crippen LogP contribution in [0.15, 0.2) is 53.9 Å². The number of aromatic nitrogens is 1. The van der Waals surface area contributed by atoms with Crippen LogP contribution in [-0.4, -0.2) is 24.1 Å². The first-order valence-corrected chi connectivity index (χ1v) is 11.4. The standard InChI is InChI=1S/C24H25ClN2O3S/c1-3-5-14-30-21-12-6-17(15-22(21)29-4-2)7-13-23(28)27-24-26-20(16-31-24)18-8-10-19(25)11-9-18/h6-13,15-16H,3-5,14H2,1-2H3,(H,26,27,28)/b13-7+. The minimum atomic E-state index is -0.252. The van der Waals surface area contributed by atoms with Crippen LogP contribution in [0.2, 0.25) is 5.02 Å². The first-order valence-electron chi connectivity index (χ1n) is 10.2. The zero-order valence-corrected chi connectivity index (χ0v) is 19.1. The van der Waals surface area contributed by atoms with Gasteiger partial charge in [-0.15, -0.1) is 11.3 Å². The van der Waals surface area contributed by atoms with Gasteiger partial charge in [-0.05, 0) is 49.2 Å². The average molecular weight is 457 g/mol. The molecule has 0 aliphatic heterocycles. The summed E-state index contributed by atoms with van der Waals surface area (Å²) in [4.78, 5) is 16.8. The second-order valence-corrected chi connectivity index (χ2v) is 8.00. The molecule has 0 saturated heterocycles. The number of nitrogens with one attached hydrogen (secondary N) is 1. The Balaban J connectivity index is 1.63. The van der Waals surface area contributed by atoms with Crippen molar-refractivity contribution in [1.29, 1.82) is 0 Å². The number of hydrogen-bond acceptors (Lipinski definition) is 5. The fourth-order valence-electron chi connectivity index (χ4n) is 2.75. The van der Waals surface area contributed by atoms with E-state index in [1.54, 1.807) is 6.08 Å². The van der Waals surface area contributed by atoms with Crippen LogP contribution in [0.4, 0.5) is 5.13 Å². The van der Waals surface area contributed by atoms with Gasteiger partial charge in [-0.3, -0.25) is 10.1 Å². The molecule has 0 spiro atoms. The number of ether oxygens (including phenoxy) is 2. The molecule has 1 N–H and O–H groups in total. The molecule has 0 aliphatic rings. The molecule has 162 valence electrons. The Kier molecular flexibility index (Phi) is 8.50. The predicted octanol–water partition coefficient (Wildman–Crippen LogP) is 6.69. The van der Waals surface area contributed by atoms with Crippen molar-refractivity contribution in [3.8, 4) is 22.8 Å². The molecule has 3 aromatic rings. The Morgan fingerprint density at radius 3 is 2.68 bits per heavy atom.